The molecule has 3 nitrogen and oxygen atoms in total. The Morgan fingerprint density at radius 3 is 2.57 bits per heavy atom. The fraction of sp³-hybridized carbons (Fsp3) is 0.200. The van der Waals surface area contributed by atoms with Gasteiger partial charge in [-0.25, -0.2) is 18.7 Å². The average Bonchev–Trinajstić information content (AvgIpc) is 2.78. The Balaban J connectivity index is 2.33. The lowest BCUT2D eigenvalue weighted by Gasteiger charge is -2.08. The van der Waals surface area contributed by atoms with Gasteiger partial charge in [-0.3, -0.25) is 4.57 Å². The van der Waals surface area contributed by atoms with Crippen LogP contribution in [-0.2, 0) is 6.42 Å². The van der Waals surface area contributed by atoms with E-state index in [-0.39, 0.29) is 0 Å². The summed E-state index contributed by atoms with van der Waals surface area (Å²) >= 11 is 5.80. The Morgan fingerprint density at radius 2 is 1.90 bits per heavy atom. The number of hydrogen-bond donors (Lipinski definition) is 0. The maximum absolute atomic E-state index is 13.5. The molecule has 0 bridgehead atoms. The summed E-state index contributed by atoms with van der Waals surface area (Å²) < 4.78 is 28.6. The van der Waals surface area contributed by atoms with E-state index in [4.69, 9.17) is 11.6 Å². The van der Waals surface area contributed by atoms with Gasteiger partial charge >= 0.3 is 0 Å². The van der Waals surface area contributed by atoms with E-state index in [9.17, 15) is 8.78 Å². The van der Waals surface area contributed by atoms with Crippen LogP contribution in [-0.4, -0.2) is 20.4 Å². The molecular weight excluding hydrogens is 296 g/mol. The molecule has 2 heterocycles. The molecular formula is C15H12ClF2N3. The molecule has 3 aromatic rings. The van der Waals surface area contributed by atoms with Crippen molar-refractivity contribution in [2.45, 2.75) is 13.3 Å². The van der Waals surface area contributed by atoms with Crippen molar-refractivity contribution in [2.24, 2.45) is 0 Å². The zero-order valence-corrected chi connectivity index (χ0v) is 12.0. The van der Waals surface area contributed by atoms with E-state index in [0.29, 0.717) is 35.0 Å². The number of aromatic nitrogens is 3. The molecule has 3 rings (SSSR count). The predicted octanol–water partition coefficient (Wildman–Crippen LogP) is 3.79. The molecule has 1 aromatic carbocycles. The maximum Gasteiger partial charge on any atom is 0.164 e. The summed E-state index contributed by atoms with van der Waals surface area (Å²) in [7, 11) is 0. The standard InChI is InChI=1S/C15H12ClF2N3/c1-9-3-5-19-15-14(9)20-13(2-4-16)21(15)12-7-10(17)6-11(18)8-12/h3,5-8H,2,4H2,1H3. The number of aryl methyl sites for hydroxylation is 2. The van der Waals surface area contributed by atoms with Gasteiger partial charge in [0, 0.05) is 24.6 Å². The second-order valence-corrected chi connectivity index (χ2v) is 5.11. The van der Waals surface area contributed by atoms with E-state index in [1.165, 1.54) is 12.1 Å². The van der Waals surface area contributed by atoms with Gasteiger partial charge in [0.05, 0.1) is 5.69 Å². The van der Waals surface area contributed by atoms with Gasteiger partial charge < -0.3 is 0 Å². The van der Waals surface area contributed by atoms with Gasteiger partial charge in [0.1, 0.15) is 23.0 Å². The van der Waals surface area contributed by atoms with Crippen molar-refractivity contribution in [3.05, 3.63) is 53.5 Å². The van der Waals surface area contributed by atoms with Crippen LogP contribution < -0.4 is 0 Å². The normalized spacial score (nSPS) is 11.2. The highest BCUT2D eigenvalue weighted by molar-refractivity contribution is 6.17. The molecule has 0 fully saturated rings. The molecule has 0 saturated heterocycles. The van der Waals surface area contributed by atoms with E-state index in [0.717, 1.165) is 11.6 Å². The molecule has 0 atom stereocenters. The van der Waals surface area contributed by atoms with E-state index in [1.54, 1.807) is 10.8 Å². The third-order valence-corrected chi connectivity index (χ3v) is 3.43. The Bertz CT molecular complexity index is 794. The summed E-state index contributed by atoms with van der Waals surface area (Å²) in [6.07, 6.45) is 2.13. The zero-order valence-electron chi connectivity index (χ0n) is 11.3. The Hall–Kier alpha value is -2.01. The van der Waals surface area contributed by atoms with Crippen molar-refractivity contribution in [1.29, 1.82) is 0 Å². The topological polar surface area (TPSA) is 30.7 Å². The van der Waals surface area contributed by atoms with Crippen LogP contribution in [0.1, 0.15) is 11.4 Å². The third-order valence-electron chi connectivity index (χ3n) is 3.24. The highest BCUT2D eigenvalue weighted by Gasteiger charge is 2.15. The zero-order chi connectivity index (χ0) is 15.0. The van der Waals surface area contributed by atoms with Gasteiger partial charge in [-0.05, 0) is 30.7 Å². The molecule has 6 heteroatoms. The molecule has 0 aliphatic heterocycles. The first-order chi connectivity index (χ1) is 10.1. The second kappa shape index (κ2) is 5.41. The molecule has 21 heavy (non-hydrogen) atoms. The van der Waals surface area contributed by atoms with Crippen molar-refractivity contribution in [1.82, 2.24) is 14.5 Å². The average molecular weight is 308 g/mol. The van der Waals surface area contributed by atoms with E-state index in [2.05, 4.69) is 9.97 Å². The van der Waals surface area contributed by atoms with Crippen molar-refractivity contribution >= 4 is 22.8 Å². The lowest BCUT2D eigenvalue weighted by atomic mass is 10.2. The summed E-state index contributed by atoms with van der Waals surface area (Å²) in [5, 5.41) is 0. The number of benzene rings is 1. The van der Waals surface area contributed by atoms with Crippen LogP contribution in [0.3, 0.4) is 0 Å². The number of alkyl halides is 1. The van der Waals surface area contributed by atoms with Crippen molar-refractivity contribution in [2.75, 3.05) is 5.88 Å². The minimum atomic E-state index is -0.642. The summed E-state index contributed by atoms with van der Waals surface area (Å²) in [6.45, 7) is 1.91. The monoisotopic (exact) mass is 307 g/mol. The lowest BCUT2D eigenvalue weighted by Crippen LogP contribution is -2.04. The highest BCUT2D eigenvalue weighted by atomic mass is 35.5. The fourth-order valence-corrected chi connectivity index (χ4v) is 2.50. The number of fused-ring (bicyclic) bond motifs is 1. The molecule has 0 radical (unpaired) electrons. The Kier molecular flexibility index (Phi) is 3.59. The molecule has 0 aliphatic carbocycles. The van der Waals surface area contributed by atoms with Crippen molar-refractivity contribution in [3.8, 4) is 5.69 Å². The van der Waals surface area contributed by atoms with Crippen molar-refractivity contribution < 1.29 is 8.78 Å². The first kappa shape index (κ1) is 13.9. The minimum Gasteiger partial charge on any atom is -0.280 e. The highest BCUT2D eigenvalue weighted by Crippen LogP contribution is 2.24. The van der Waals surface area contributed by atoms with Crippen LogP contribution in [0.15, 0.2) is 30.5 Å². The van der Waals surface area contributed by atoms with Gasteiger partial charge in [-0.1, -0.05) is 0 Å². The number of imidazole rings is 1. The summed E-state index contributed by atoms with van der Waals surface area (Å²) in [5.74, 6) is -0.292. The van der Waals surface area contributed by atoms with Crippen molar-refractivity contribution in [3.63, 3.8) is 0 Å². The lowest BCUT2D eigenvalue weighted by molar-refractivity contribution is 0.581. The second-order valence-electron chi connectivity index (χ2n) is 4.73. The molecule has 0 aliphatic rings. The molecule has 108 valence electrons. The maximum atomic E-state index is 13.5. The van der Waals surface area contributed by atoms with E-state index in [1.807, 2.05) is 13.0 Å². The number of rotatable bonds is 3. The van der Waals surface area contributed by atoms with Crippen LogP contribution in [0.2, 0.25) is 0 Å². The van der Waals surface area contributed by atoms with Gasteiger partial charge in [0.15, 0.2) is 5.65 Å². The number of pyridine rings is 1. The van der Waals surface area contributed by atoms with E-state index >= 15 is 0 Å². The first-order valence-electron chi connectivity index (χ1n) is 6.45. The van der Waals surface area contributed by atoms with Crippen LogP contribution in [0.25, 0.3) is 16.9 Å². The largest absolute Gasteiger partial charge is 0.280 e. The molecule has 2 aromatic heterocycles. The number of nitrogens with zero attached hydrogens (tertiary/aromatic N) is 3. The van der Waals surface area contributed by atoms with Crippen LogP contribution in [0.4, 0.5) is 8.78 Å². The summed E-state index contributed by atoms with van der Waals surface area (Å²) in [5.41, 5.74) is 2.59. The molecule has 0 amide bonds. The van der Waals surface area contributed by atoms with E-state index < -0.39 is 11.6 Å². The predicted molar refractivity (Wildman–Crippen MR) is 77.9 cm³/mol. The fourth-order valence-electron chi connectivity index (χ4n) is 2.33. The third kappa shape index (κ3) is 2.49. The number of halogens is 3. The molecule has 0 spiro atoms. The SMILES string of the molecule is Cc1ccnc2c1nc(CCCl)n2-c1cc(F)cc(F)c1. The first-order valence-corrected chi connectivity index (χ1v) is 6.99. The Morgan fingerprint density at radius 1 is 1.19 bits per heavy atom. The van der Waals surface area contributed by atoms with Crippen LogP contribution in [0, 0.1) is 18.6 Å². The van der Waals surface area contributed by atoms with Gasteiger partial charge in [-0.15, -0.1) is 11.6 Å². The van der Waals surface area contributed by atoms with Gasteiger partial charge in [0.25, 0.3) is 0 Å². The van der Waals surface area contributed by atoms with Crippen LogP contribution >= 0.6 is 11.6 Å². The quantitative estimate of drug-likeness (QED) is 0.689. The van der Waals surface area contributed by atoms with Crippen LogP contribution in [0.5, 0.6) is 0 Å². The van der Waals surface area contributed by atoms with Gasteiger partial charge in [-0.2, -0.15) is 0 Å². The minimum absolute atomic E-state index is 0.355. The molecule has 0 unspecified atom stereocenters. The molecule has 0 N–H and O–H groups in total. The summed E-state index contributed by atoms with van der Waals surface area (Å²) in [6, 6.07) is 5.19. The Labute approximate surface area is 125 Å². The number of hydrogen-bond acceptors (Lipinski definition) is 2. The van der Waals surface area contributed by atoms with Gasteiger partial charge in [0.2, 0.25) is 0 Å². The summed E-state index contributed by atoms with van der Waals surface area (Å²) in [4.78, 5) is 8.80. The smallest absolute Gasteiger partial charge is 0.164 e. The molecule has 0 saturated carbocycles.